The second-order valence-electron chi connectivity index (χ2n) is 5.06. The fraction of sp³-hybridized carbons (Fsp3) is 0.294. The van der Waals surface area contributed by atoms with E-state index in [9.17, 15) is 0 Å². The molecule has 2 nitrogen and oxygen atoms in total. The first kappa shape index (κ1) is 16.2. The summed E-state index contributed by atoms with van der Waals surface area (Å²) < 4.78 is 5.90. The number of halogens is 2. The Morgan fingerprint density at radius 2 is 1.57 bits per heavy atom. The Morgan fingerprint density at radius 1 is 0.952 bits per heavy atom. The van der Waals surface area contributed by atoms with Gasteiger partial charge in [0.1, 0.15) is 5.75 Å². The number of hydrogen-bond acceptors (Lipinski definition) is 2. The molecule has 21 heavy (non-hydrogen) atoms. The lowest BCUT2D eigenvalue weighted by molar-refractivity contribution is 0.238. The van der Waals surface area contributed by atoms with Crippen LogP contribution in [0.2, 0.25) is 10.0 Å². The van der Waals surface area contributed by atoms with Gasteiger partial charge in [0.2, 0.25) is 0 Å². The zero-order chi connectivity index (χ0) is 15.4. The fourth-order valence-corrected chi connectivity index (χ4v) is 2.94. The summed E-state index contributed by atoms with van der Waals surface area (Å²) in [5.74, 6) is 0.836. The van der Waals surface area contributed by atoms with Gasteiger partial charge in [-0.1, -0.05) is 47.5 Å². The summed E-state index contributed by atoms with van der Waals surface area (Å²) in [6.07, 6.45) is 0.102. The molecule has 0 aromatic heterocycles. The van der Waals surface area contributed by atoms with Crippen molar-refractivity contribution in [2.75, 3.05) is 7.05 Å². The van der Waals surface area contributed by atoms with Gasteiger partial charge in [-0.15, -0.1) is 0 Å². The van der Waals surface area contributed by atoms with E-state index < -0.39 is 0 Å². The highest BCUT2D eigenvalue weighted by atomic mass is 35.5. The Hall–Kier alpha value is -1.22. The summed E-state index contributed by atoms with van der Waals surface area (Å²) in [4.78, 5) is 0. The molecule has 0 saturated carbocycles. The summed E-state index contributed by atoms with van der Waals surface area (Å²) in [6, 6.07) is 13.3. The first-order valence-corrected chi connectivity index (χ1v) is 7.67. The summed E-state index contributed by atoms with van der Waals surface area (Å²) in [5.41, 5.74) is 1.88. The Kier molecular flexibility index (Phi) is 5.51. The topological polar surface area (TPSA) is 21.3 Å². The van der Waals surface area contributed by atoms with Crippen molar-refractivity contribution in [1.29, 1.82) is 0 Å². The molecule has 0 heterocycles. The molecule has 112 valence electrons. The smallest absolute Gasteiger partial charge is 0.124 e. The number of hydrogen-bond donors (Lipinski definition) is 1. The third kappa shape index (κ3) is 3.70. The Bertz CT molecular complexity index is 593. The minimum Gasteiger partial charge on any atom is -0.491 e. The van der Waals surface area contributed by atoms with Gasteiger partial charge < -0.3 is 10.1 Å². The highest BCUT2D eigenvalue weighted by molar-refractivity contribution is 6.36. The van der Waals surface area contributed by atoms with Crippen LogP contribution in [-0.2, 0) is 0 Å². The van der Waals surface area contributed by atoms with Crippen molar-refractivity contribution >= 4 is 23.2 Å². The van der Waals surface area contributed by atoms with Crippen molar-refractivity contribution in [2.45, 2.75) is 26.0 Å². The highest BCUT2D eigenvalue weighted by Gasteiger charge is 2.21. The largest absolute Gasteiger partial charge is 0.491 e. The van der Waals surface area contributed by atoms with Crippen LogP contribution in [0.4, 0.5) is 0 Å². The van der Waals surface area contributed by atoms with Crippen LogP contribution < -0.4 is 10.1 Å². The molecule has 2 rings (SSSR count). The van der Waals surface area contributed by atoms with Gasteiger partial charge in [0.15, 0.2) is 0 Å². The average molecular weight is 324 g/mol. The van der Waals surface area contributed by atoms with Crippen LogP contribution in [0, 0.1) is 0 Å². The third-order valence-corrected chi connectivity index (χ3v) is 3.83. The van der Waals surface area contributed by atoms with Crippen LogP contribution >= 0.6 is 23.2 Å². The quantitative estimate of drug-likeness (QED) is 0.827. The van der Waals surface area contributed by atoms with E-state index in [-0.39, 0.29) is 12.1 Å². The molecule has 2 aromatic carbocycles. The number of rotatable bonds is 5. The minimum absolute atomic E-state index is 0.102. The molecule has 1 unspecified atom stereocenters. The molecular weight excluding hydrogens is 305 g/mol. The Morgan fingerprint density at radius 3 is 2.14 bits per heavy atom. The van der Waals surface area contributed by atoms with Crippen LogP contribution in [0.25, 0.3) is 0 Å². The molecule has 0 aliphatic rings. The first-order chi connectivity index (χ1) is 10.0. The summed E-state index contributed by atoms with van der Waals surface area (Å²) in [5, 5.41) is 4.56. The van der Waals surface area contributed by atoms with E-state index in [0.717, 1.165) is 16.9 Å². The van der Waals surface area contributed by atoms with Crippen LogP contribution in [0.1, 0.15) is 31.0 Å². The first-order valence-electron chi connectivity index (χ1n) is 6.91. The highest BCUT2D eigenvalue weighted by Crippen LogP contribution is 2.37. The predicted molar refractivity (Wildman–Crippen MR) is 89.6 cm³/mol. The second-order valence-corrected chi connectivity index (χ2v) is 5.88. The Balaban J connectivity index is 2.52. The molecule has 4 heteroatoms. The van der Waals surface area contributed by atoms with Crippen LogP contribution in [0.3, 0.4) is 0 Å². The van der Waals surface area contributed by atoms with Gasteiger partial charge in [-0.25, -0.2) is 0 Å². The van der Waals surface area contributed by atoms with Gasteiger partial charge in [0, 0.05) is 21.2 Å². The zero-order valence-electron chi connectivity index (χ0n) is 12.4. The van der Waals surface area contributed by atoms with E-state index in [0.29, 0.717) is 10.0 Å². The molecule has 0 radical (unpaired) electrons. The lowest BCUT2D eigenvalue weighted by Gasteiger charge is -2.23. The summed E-state index contributed by atoms with van der Waals surface area (Å²) >= 11 is 12.7. The zero-order valence-corrected chi connectivity index (χ0v) is 13.9. The molecule has 0 saturated heterocycles. The molecule has 0 amide bonds. The van der Waals surface area contributed by atoms with E-state index in [1.807, 2.05) is 63.4 Å². The van der Waals surface area contributed by atoms with Crippen LogP contribution in [0.5, 0.6) is 5.75 Å². The lowest BCUT2D eigenvalue weighted by Crippen LogP contribution is -2.20. The molecule has 0 fully saturated rings. The van der Waals surface area contributed by atoms with Gasteiger partial charge in [-0.2, -0.15) is 0 Å². The van der Waals surface area contributed by atoms with E-state index in [2.05, 4.69) is 5.32 Å². The summed E-state index contributed by atoms with van der Waals surface area (Å²) in [6.45, 7) is 4.02. The minimum atomic E-state index is -0.124. The summed E-state index contributed by atoms with van der Waals surface area (Å²) in [7, 11) is 1.89. The molecule has 0 aliphatic heterocycles. The molecule has 0 bridgehead atoms. The molecule has 2 aromatic rings. The maximum absolute atomic E-state index is 6.35. The van der Waals surface area contributed by atoms with Gasteiger partial charge >= 0.3 is 0 Å². The van der Waals surface area contributed by atoms with Crippen molar-refractivity contribution in [1.82, 2.24) is 5.32 Å². The van der Waals surface area contributed by atoms with E-state index in [1.54, 1.807) is 0 Å². The molecule has 1 N–H and O–H groups in total. The van der Waals surface area contributed by atoms with E-state index in [1.165, 1.54) is 0 Å². The maximum Gasteiger partial charge on any atom is 0.124 e. The molecule has 0 spiro atoms. The normalized spacial score (nSPS) is 12.5. The van der Waals surface area contributed by atoms with Gasteiger partial charge in [-0.3, -0.25) is 0 Å². The van der Waals surface area contributed by atoms with Crippen molar-refractivity contribution in [2.24, 2.45) is 0 Å². The maximum atomic E-state index is 6.35. The van der Waals surface area contributed by atoms with Crippen molar-refractivity contribution < 1.29 is 4.74 Å². The third-order valence-electron chi connectivity index (χ3n) is 3.17. The van der Waals surface area contributed by atoms with Gasteiger partial charge in [-0.05, 0) is 39.1 Å². The van der Waals surface area contributed by atoms with E-state index in [4.69, 9.17) is 27.9 Å². The lowest BCUT2D eigenvalue weighted by atomic mass is 9.97. The van der Waals surface area contributed by atoms with Crippen molar-refractivity contribution in [3.63, 3.8) is 0 Å². The standard InChI is InChI=1S/C17H19Cl2NO/c1-11(2)21-15-10-5-4-7-12(15)17(20-3)16-13(18)8-6-9-14(16)19/h4-11,17,20H,1-3H3. The Labute approximate surface area is 136 Å². The fourth-order valence-electron chi connectivity index (χ4n) is 2.32. The molecular formula is C17H19Cl2NO. The van der Waals surface area contributed by atoms with Crippen molar-refractivity contribution in [3.05, 3.63) is 63.6 Å². The molecule has 1 atom stereocenters. The van der Waals surface area contributed by atoms with Crippen LogP contribution in [0.15, 0.2) is 42.5 Å². The SMILES string of the molecule is CNC(c1ccccc1OC(C)C)c1c(Cl)cccc1Cl. The van der Waals surface area contributed by atoms with E-state index >= 15 is 0 Å². The van der Waals surface area contributed by atoms with Gasteiger partial charge in [0.05, 0.1) is 12.1 Å². The monoisotopic (exact) mass is 323 g/mol. The van der Waals surface area contributed by atoms with Crippen LogP contribution in [-0.4, -0.2) is 13.2 Å². The number of ether oxygens (including phenoxy) is 1. The number of benzene rings is 2. The molecule has 0 aliphatic carbocycles. The average Bonchev–Trinajstić information content (AvgIpc) is 2.43. The van der Waals surface area contributed by atoms with Gasteiger partial charge in [0.25, 0.3) is 0 Å². The second kappa shape index (κ2) is 7.17. The number of nitrogens with one attached hydrogen (secondary N) is 1. The number of para-hydroxylation sites is 1. The predicted octanol–water partition coefficient (Wildman–Crippen LogP) is 5.09. The van der Waals surface area contributed by atoms with Crippen molar-refractivity contribution in [3.8, 4) is 5.75 Å².